The van der Waals surface area contributed by atoms with Crippen molar-refractivity contribution in [1.82, 2.24) is 9.88 Å². The van der Waals surface area contributed by atoms with Gasteiger partial charge in [0.25, 0.3) is 5.91 Å². The number of hydrogen-bond donors (Lipinski definition) is 1. The van der Waals surface area contributed by atoms with Crippen LogP contribution in [0.1, 0.15) is 61.9 Å². The Morgan fingerprint density at radius 2 is 1.73 bits per heavy atom. The summed E-state index contributed by atoms with van der Waals surface area (Å²) in [4.78, 5) is 43.2. The number of aromatic amines is 1. The molecule has 0 aliphatic heterocycles. The predicted octanol–water partition coefficient (Wildman–Crippen LogP) is 3.48. The van der Waals surface area contributed by atoms with Gasteiger partial charge in [-0.1, -0.05) is 17.7 Å². The van der Waals surface area contributed by atoms with Crippen LogP contribution in [0.4, 0.5) is 0 Å². The number of esters is 1. The van der Waals surface area contributed by atoms with Crippen molar-refractivity contribution in [3.63, 3.8) is 0 Å². The number of ether oxygens (including phenoxy) is 2. The van der Waals surface area contributed by atoms with Crippen molar-refractivity contribution in [2.45, 2.75) is 40.7 Å². The maximum absolute atomic E-state index is 13.4. The lowest BCUT2D eigenvalue weighted by Crippen LogP contribution is -2.45. The molecule has 7 nitrogen and oxygen atoms in total. The van der Waals surface area contributed by atoms with Gasteiger partial charge in [0, 0.05) is 30.5 Å². The summed E-state index contributed by atoms with van der Waals surface area (Å²) in [7, 11) is 1.55. The highest BCUT2D eigenvalue weighted by molar-refractivity contribution is 6.07. The number of methoxy groups -OCH3 is 1. The number of nitrogens with one attached hydrogen (secondary N) is 1. The minimum atomic E-state index is -0.739. The number of rotatable bonds is 9. The zero-order valence-electron chi connectivity index (χ0n) is 18.5. The van der Waals surface area contributed by atoms with Crippen molar-refractivity contribution < 1.29 is 23.9 Å². The molecule has 162 valence electrons. The zero-order valence-corrected chi connectivity index (χ0v) is 18.5. The Labute approximate surface area is 177 Å². The van der Waals surface area contributed by atoms with Crippen molar-refractivity contribution in [2.24, 2.45) is 0 Å². The van der Waals surface area contributed by atoms with Gasteiger partial charge in [-0.3, -0.25) is 9.59 Å². The van der Waals surface area contributed by atoms with Crippen molar-refractivity contribution in [3.8, 4) is 0 Å². The Balaban J connectivity index is 2.37. The van der Waals surface area contributed by atoms with Crippen LogP contribution in [-0.4, -0.2) is 60.5 Å². The number of H-pyrrole nitrogens is 1. The van der Waals surface area contributed by atoms with Gasteiger partial charge in [0.15, 0.2) is 5.78 Å². The van der Waals surface area contributed by atoms with E-state index in [9.17, 15) is 14.4 Å². The van der Waals surface area contributed by atoms with Gasteiger partial charge in [-0.2, -0.15) is 0 Å². The van der Waals surface area contributed by atoms with Crippen molar-refractivity contribution in [3.05, 3.63) is 57.9 Å². The van der Waals surface area contributed by atoms with Crippen LogP contribution in [0.2, 0.25) is 0 Å². The second kappa shape index (κ2) is 10.2. The highest BCUT2D eigenvalue weighted by atomic mass is 16.5. The molecule has 2 aromatic rings. The summed E-state index contributed by atoms with van der Waals surface area (Å²) in [5, 5.41) is 0. The molecule has 0 aliphatic carbocycles. The van der Waals surface area contributed by atoms with Crippen LogP contribution >= 0.6 is 0 Å². The van der Waals surface area contributed by atoms with Crippen LogP contribution in [0.15, 0.2) is 24.3 Å². The van der Waals surface area contributed by atoms with Gasteiger partial charge in [0.1, 0.15) is 5.69 Å². The summed E-state index contributed by atoms with van der Waals surface area (Å²) in [5.74, 6) is -0.991. The molecule has 1 atom stereocenters. The number of aromatic nitrogens is 1. The first-order valence-corrected chi connectivity index (χ1v) is 9.99. The van der Waals surface area contributed by atoms with Crippen LogP contribution < -0.4 is 0 Å². The molecule has 0 spiro atoms. The van der Waals surface area contributed by atoms with Gasteiger partial charge in [-0.15, -0.1) is 0 Å². The highest BCUT2D eigenvalue weighted by Crippen LogP contribution is 2.23. The first-order valence-electron chi connectivity index (χ1n) is 9.99. The monoisotopic (exact) mass is 414 g/mol. The fraction of sp³-hybridized carbons (Fsp3) is 0.435. The molecule has 30 heavy (non-hydrogen) atoms. The average molecular weight is 415 g/mol. The summed E-state index contributed by atoms with van der Waals surface area (Å²) >= 11 is 0. The van der Waals surface area contributed by atoms with Crippen molar-refractivity contribution in [2.75, 3.05) is 26.9 Å². The molecular formula is C23H30N2O5. The van der Waals surface area contributed by atoms with E-state index in [1.165, 1.54) is 4.90 Å². The molecule has 1 aromatic carbocycles. The fourth-order valence-electron chi connectivity index (χ4n) is 3.40. The van der Waals surface area contributed by atoms with Crippen LogP contribution in [0.3, 0.4) is 0 Å². The number of nitrogens with zero attached hydrogens (tertiary/aromatic N) is 1. The highest BCUT2D eigenvalue weighted by Gasteiger charge is 2.31. The summed E-state index contributed by atoms with van der Waals surface area (Å²) in [6.07, 6.45) is 0. The molecule has 1 N–H and O–H groups in total. The number of hydrogen-bond acceptors (Lipinski definition) is 5. The van der Waals surface area contributed by atoms with E-state index in [-0.39, 0.29) is 30.5 Å². The number of carbonyl (C=O) groups is 3. The largest absolute Gasteiger partial charge is 0.461 e. The van der Waals surface area contributed by atoms with E-state index in [0.29, 0.717) is 29.0 Å². The molecule has 1 unspecified atom stereocenters. The summed E-state index contributed by atoms with van der Waals surface area (Å²) in [6, 6.07) is 6.48. The quantitative estimate of drug-likeness (QED) is 0.501. The van der Waals surface area contributed by atoms with Crippen LogP contribution in [0, 0.1) is 20.8 Å². The summed E-state index contributed by atoms with van der Waals surface area (Å²) in [5.41, 5.74) is 3.32. The van der Waals surface area contributed by atoms with Crippen molar-refractivity contribution in [1.29, 1.82) is 0 Å². The van der Waals surface area contributed by atoms with E-state index in [0.717, 1.165) is 5.56 Å². The van der Waals surface area contributed by atoms with Crippen LogP contribution in [0.25, 0.3) is 0 Å². The Morgan fingerprint density at radius 1 is 1.10 bits per heavy atom. The Bertz CT molecular complexity index is 914. The number of ketones is 1. The normalized spacial score (nSPS) is 11.8. The molecule has 0 saturated heterocycles. The van der Waals surface area contributed by atoms with Crippen molar-refractivity contribution >= 4 is 17.7 Å². The first-order chi connectivity index (χ1) is 14.2. The number of benzene rings is 1. The maximum Gasteiger partial charge on any atom is 0.355 e. The Hall–Kier alpha value is -2.93. The molecule has 0 fully saturated rings. The van der Waals surface area contributed by atoms with Gasteiger partial charge in [-0.05, 0) is 52.3 Å². The van der Waals surface area contributed by atoms with Crippen LogP contribution in [-0.2, 0) is 9.47 Å². The molecule has 2 rings (SSSR count). The second-order valence-electron chi connectivity index (χ2n) is 7.24. The van der Waals surface area contributed by atoms with E-state index in [4.69, 9.17) is 9.47 Å². The van der Waals surface area contributed by atoms with Gasteiger partial charge in [0.05, 0.1) is 19.3 Å². The Morgan fingerprint density at radius 3 is 2.30 bits per heavy atom. The summed E-state index contributed by atoms with van der Waals surface area (Å²) < 4.78 is 10.2. The number of amides is 1. The topological polar surface area (TPSA) is 88.7 Å². The minimum Gasteiger partial charge on any atom is -0.461 e. The lowest BCUT2D eigenvalue weighted by Gasteiger charge is -2.28. The Kier molecular flexibility index (Phi) is 7.94. The van der Waals surface area contributed by atoms with E-state index in [2.05, 4.69) is 4.98 Å². The fourth-order valence-corrected chi connectivity index (χ4v) is 3.40. The average Bonchev–Trinajstić information content (AvgIpc) is 3.02. The molecule has 7 heteroatoms. The molecule has 0 radical (unpaired) electrons. The first kappa shape index (κ1) is 23.3. The number of aryl methyl sites for hydroxylation is 2. The molecule has 1 heterocycles. The SMILES string of the molecule is CCOC(=O)c1[nH]c(C)c(C(=O)C(C)N(CCOC)C(=O)c2ccc(C)cc2)c1C. The van der Waals surface area contributed by atoms with E-state index < -0.39 is 12.0 Å². The number of carbonyl (C=O) groups excluding carboxylic acids is 3. The third-order valence-electron chi connectivity index (χ3n) is 5.11. The van der Waals surface area contributed by atoms with E-state index in [1.807, 2.05) is 19.1 Å². The molecule has 0 bridgehead atoms. The second-order valence-corrected chi connectivity index (χ2v) is 7.24. The van der Waals surface area contributed by atoms with Gasteiger partial charge < -0.3 is 19.4 Å². The third kappa shape index (κ3) is 4.97. The molecule has 0 saturated carbocycles. The smallest absolute Gasteiger partial charge is 0.355 e. The lowest BCUT2D eigenvalue weighted by atomic mass is 9.99. The standard InChI is InChI=1S/C23H30N2O5/c1-7-30-23(28)20-15(3)19(16(4)24-20)21(26)17(5)25(12-13-29-6)22(27)18-10-8-14(2)9-11-18/h8-11,17,24H,7,12-13H2,1-6H3. The van der Waals surface area contributed by atoms with Crippen LogP contribution in [0.5, 0.6) is 0 Å². The van der Waals surface area contributed by atoms with Gasteiger partial charge >= 0.3 is 5.97 Å². The molecular weight excluding hydrogens is 384 g/mol. The van der Waals surface area contributed by atoms with E-state index >= 15 is 0 Å². The minimum absolute atomic E-state index is 0.242. The number of Topliss-reactive ketones (excluding diaryl/α,β-unsaturated/α-hetero) is 1. The zero-order chi connectivity index (χ0) is 22.4. The maximum atomic E-state index is 13.4. The lowest BCUT2D eigenvalue weighted by molar-refractivity contribution is 0.0518. The van der Waals surface area contributed by atoms with E-state index in [1.54, 1.807) is 46.9 Å². The third-order valence-corrected chi connectivity index (χ3v) is 5.11. The molecule has 1 amide bonds. The van der Waals surface area contributed by atoms with Gasteiger partial charge in [-0.25, -0.2) is 4.79 Å². The predicted molar refractivity (Wildman–Crippen MR) is 114 cm³/mol. The van der Waals surface area contributed by atoms with Gasteiger partial charge in [0.2, 0.25) is 0 Å². The molecule has 0 aliphatic rings. The summed E-state index contributed by atoms with van der Waals surface area (Å²) in [6.45, 7) is 9.61. The molecule has 1 aromatic heterocycles.